The molecule has 2 aromatic heterocycles. The number of halogens is 2. The second kappa shape index (κ2) is 13.2. The van der Waals surface area contributed by atoms with Crippen LogP contribution in [0.15, 0.2) is 59.9 Å². The van der Waals surface area contributed by atoms with E-state index < -0.39 is 11.4 Å². The molecule has 2 aromatic carbocycles. The fraction of sp³-hybridized carbons (Fsp3) is 0.364. The Morgan fingerprint density at radius 2 is 1.95 bits per heavy atom. The lowest BCUT2D eigenvalue weighted by molar-refractivity contribution is 0.0721. The van der Waals surface area contributed by atoms with Gasteiger partial charge in [-0.2, -0.15) is 5.10 Å². The van der Waals surface area contributed by atoms with Crippen LogP contribution in [0.3, 0.4) is 0 Å². The first-order valence-electron chi connectivity index (χ1n) is 14.9. The summed E-state index contributed by atoms with van der Waals surface area (Å²) in [6.07, 6.45) is 9.70. The summed E-state index contributed by atoms with van der Waals surface area (Å²) in [7, 11) is 0. The zero-order chi connectivity index (χ0) is 31.4. The van der Waals surface area contributed by atoms with Crippen molar-refractivity contribution in [2.24, 2.45) is 10.7 Å². The van der Waals surface area contributed by atoms with Crippen LogP contribution in [0, 0.1) is 12.7 Å². The number of nitrogens with zero attached hydrogens (tertiary/aromatic N) is 3. The maximum absolute atomic E-state index is 13.9. The molecule has 1 saturated carbocycles. The maximum Gasteiger partial charge on any atom is 0.319 e. The second-order valence-electron chi connectivity index (χ2n) is 12.0. The summed E-state index contributed by atoms with van der Waals surface area (Å²) >= 11 is 6.28. The molecule has 5 rings (SSSR count). The number of aromatic nitrogens is 2. The molecule has 1 fully saturated rings. The van der Waals surface area contributed by atoms with Crippen LogP contribution in [-0.2, 0) is 0 Å². The number of hydrogen-bond donors (Lipinski definition) is 5. The molecule has 11 heteroatoms. The SMILES string of the molecule is Cc1cc(NC(=O)NCCC(C)(C)O)ccc1-c1cc2c(NC3CCCCC3)c(C(N)=Nc3cc(F)ccc3Cl)cnn2c1. The van der Waals surface area contributed by atoms with Crippen molar-refractivity contribution >= 4 is 46.0 Å². The van der Waals surface area contributed by atoms with Gasteiger partial charge in [0.15, 0.2) is 0 Å². The fourth-order valence-electron chi connectivity index (χ4n) is 5.48. The minimum absolute atomic E-state index is 0.181. The van der Waals surface area contributed by atoms with Crippen LogP contribution in [0.4, 0.5) is 26.2 Å². The van der Waals surface area contributed by atoms with Crippen molar-refractivity contribution in [1.29, 1.82) is 0 Å². The molecule has 2 heterocycles. The second-order valence-corrected chi connectivity index (χ2v) is 12.4. The molecule has 0 radical (unpaired) electrons. The Labute approximate surface area is 261 Å². The third kappa shape index (κ3) is 7.67. The van der Waals surface area contributed by atoms with Gasteiger partial charge in [-0.05, 0) is 81.5 Å². The Balaban J connectivity index is 1.46. The number of benzene rings is 2. The van der Waals surface area contributed by atoms with E-state index in [0.717, 1.165) is 53.6 Å². The van der Waals surface area contributed by atoms with Crippen molar-refractivity contribution in [2.45, 2.75) is 70.9 Å². The van der Waals surface area contributed by atoms with Gasteiger partial charge in [0.25, 0.3) is 0 Å². The average Bonchev–Trinajstić information content (AvgIpc) is 3.39. The first-order chi connectivity index (χ1) is 21.0. The molecule has 0 unspecified atom stereocenters. The van der Waals surface area contributed by atoms with E-state index in [9.17, 15) is 14.3 Å². The molecule has 9 nitrogen and oxygen atoms in total. The minimum atomic E-state index is -0.846. The Morgan fingerprint density at radius 1 is 1.18 bits per heavy atom. The lowest BCUT2D eigenvalue weighted by Gasteiger charge is -2.25. The van der Waals surface area contributed by atoms with E-state index in [-0.39, 0.29) is 23.6 Å². The van der Waals surface area contributed by atoms with Crippen LogP contribution in [0.5, 0.6) is 0 Å². The van der Waals surface area contributed by atoms with E-state index in [2.05, 4.69) is 32.1 Å². The highest BCUT2D eigenvalue weighted by atomic mass is 35.5. The number of amides is 2. The first-order valence-corrected chi connectivity index (χ1v) is 15.3. The van der Waals surface area contributed by atoms with Crippen molar-refractivity contribution < 1.29 is 14.3 Å². The van der Waals surface area contributed by atoms with Gasteiger partial charge >= 0.3 is 6.03 Å². The molecule has 1 aliphatic rings. The highest BCUT2D eigenvalue weighted by Crippen LogP contribution is 2.34. The number of fused-ring (bicyclic) bond motifs is 1. The number of aryl methyl sites for hydroxylation is 1. The molecule has 2 amide bonds. The molecular weight excluding hydrogens is 581 g/mol. The number of urea groups is 1. The predicted octanol–water partition coefficient (Wildman–Crippen LogP) is 7.17. The number of rotatable bonds is 9. The van der Waals surface area contributed by atoms with Crippen LogP contribution in [0.2, 0.25) is 5.02 Å². The molecule has 0 atom stereocenters. The number of hydrogen-bond acceptors (Lipinski definition) is 5. The number of anilines is 2. The van der Waals surface area contributed by atoms with Gasteiger partial charge in [0, 0.05) is 36.1 Å². The zero-order valence-corrected chi connectivity index (χ0v) is 26.0. The third-order valence-corrected chi connectivity index (χ3v) is 8.15. The fourth-order valence-corrected chi connectivity index (χ4v) is 5.64. The first kappa shape index (κ1) is 31.3. The van der Waals surface area contributed by atoms with Crippen molar-refractivity contribution in [2.75, 3.05) is 17.2 Å². The van der Waals surface area contributed by atoms with E-state index in [1.54, 1.807) is 20.0 Å². The number of aliphatic imine (C=N–C) groups is 1. The molecule has 0 bridgehead atoms. The largest absolute Gasteiger partial charge is 0.390 e. The molecule has 4 aromatic rings. The predicted molar refractivity (Wildman–Crippen MR) is 176 cm³/mol. The summed E-state index contributed by atoms with van der Waals surface area (Å²) in [6.45, 7) is 5.76. The van der Waals surface area contributed by atoms with Crippen LogP contribution >= 0.6 is 11.6 Å². The number of amidine groups is 1. The summed E-state index contributed by atoms with van der Waals surface area (Å²) in [5.41, 5.74) is 11.7. The van der Waals surface area contributed by atoms with E-state index >= 15 is 0 Å². The van der Waals surface area contributed by atoms with Gasteiger partial charge in [-0.3, -0.25) is 0 Å². The summed E-state index contributed by atoms with van der Waals surface area (Å²) in [5, 5.41) is 24.2. The Kier molecular flexibility index (Phi) is 9.41. The maximum atomic E-state index is 13.9. The lowest BCUT2D eigenvalue weighted by atomic mass is 9.95. The molecule has 0 aliphatic heterocycles. The van der Waals surface area contributed by atoms with Crippen molar-refractivity contribution in [1.82, 2.24) is 14.9 Å². The smallest absolute Gasteiger partial charge is 0.319 e. The molecule has 1 aliphatic carbocycles. The highest BCUT2D eigenvalue weighted by molar-refractivity contribution is 6.33. The van der Waals surface area contributed by atoms with Gasteiger partial charge in [0.1, 0.15) is 11.7 Å². The quantitative estimate of drug-likeness (QED) is 0.100. The highest BCUT2D eigenvalue weighted by Gasteiger charge is 2.21. The summed E-state index contributed by atoms with van der Waals surface area (Å²) < 4.78 is 15.8. The normalized spacial score (nSPS) is 14.5. The van der Waals surface area contributed by atoms with E-state index in [1.165, 1.54) is 24.6 Å². The van der Waals surface area contributed by atoms with Gasteiger partial charge in [-0.25, -0.2) is 18.7 Å². The summed E-state index contributed by atoms with van der Waals surface area (Å²) in [5.74, 6) is -0.268. The average molecular weight is 620 g/mol. The van der Waals surface area contributed by atoms with Gasteiger partial charge in [0.2, 0.25) is 0 Å². The van der Waals surface area contributed by atoms with Crippen LogP contribution in [-0.4, -0.2) is 44.8 Å². The number of nitrogens with two attached hydrogens (primary N) is 1. The number of nitrogens with one attached hydrogen (secondary N) is 3. The van der Waals surface area contributed by atoms with Crippen molar-refractivity contribution in [3.8, 4) is 11.1 Å². The molecule has 232 valence electrons. The lowest BCUT2D eigenvalue weighted by Crippen LogP contribution is -2.33. The molecule has 0 saturated heterocycles. The van der Waals surface area contributed by atoms with Crippen LogP contribution < -0.4 is 21.7 Å². The van der Waals surface area contributed by atoms with Crippen LogP contribution in [0.1, 0.15) is 63.5 Å². The zero-order valence-electron chi connectivity index (χ0n) is 25.3. The molecule has 0 spiro atoms. The monoisotopic (exact) mass is 619 g/mol. The van der Waals surface area contributed by atoms with Gasteiger partial charge in [0.05, 0.1) is 39.3 Å². The number of aliphatic hydroxyl groups is 1. The Morgan fingerprint density at radius 3 is 2.68 bits per heavy atom. The van der Waals surface area contributed by atoms with Gasteiger partial charge in [-0.15, -0.1) is 0 Å². The van der Waals surface area contributed by atoms with Gasteiger partial charge < -0.3 is 26.8 Å². The third-order valence-electron chi connectivity index (χ3n) is 7.83. The molecular formula is C33H39ClFN7O2. The van der Waals surface area contributed by atoms with Crippen molar-refractivity contribution in [3.05, 3.63) is 76.8 Å². The standard InChI is InChI=1S/C33H39ClFN7O2/c1-20-15-24(40-32(43)37-14-13-33(2,3)44)10-11-25(20)21-16-29-30(39-23-7-5-4-6-8-23)26(18-38-42(29)19-21)31(36)41-28-17-22(35)9-12-27(28)34/h9-12,15-19,23,39,44H,4-8,13-14H2,1-3H3,(H2,36,41)(H2,37,40,43). The van der Waals surface area contributed by atoms with Crippen molar-refractivity contribution in [3.63, 3.8) is 0 Å². The number of carbonyl (C=O) groups excluding carboxylic acids is 1. The summed E-state index contributed by atoms with van der Waals surface area (Å²) in [6, 6.07) is 11.7. The van der Waals surface area contributed by atoms with E-state index in [0.29, 0.717) is 29.2 Å². The van der Waals surface area contributed by atoms with Crippen LogP contribution in [0.25, 0.3) is 16.6 Å². The van der Waals surface area contributed by atoms with Gasteiger partial charge in [-0.1, -0.05) is 36.9 Å². The topological polar surface area (TPSA) is 129 Å². The Hall–Kier alpha value is -4.15. The van der Waals surface area contributed by atoms with E-state index in [4.69, 9.17) is 17.3 Å². The Bertz CT molecular complexity index is 1690. The molecule has 44 heavy (non-hydrogen) atoms. The van der Waals surface area contributed by atoms with E-state index in [1.807, 2.05) is 35.8 Å². The number of carbonyl (C=O) groups is 1. The minimum Gasteiger partial charge on any atom is -0.390 e. The summed E-state index contributed by atoms with van der Waals surface area (Å²) in [4.78, 5) is 16.8. The molecule has 6 N–H and O–H groups in total.